The van der Waals surface area contributed by atoms with Crippen molar-refractivity contribution in [1.82, 2.24) is 5.32 Å². The second-order valence-corrected chi connectivity index (χ2v) is 5.59. The van der Waals surface area contributed by atoms with Crippen LogP contribution in [-0.2, 0) is 4.79 Å². The average molecular weight is 247 g/mol. The van der Waals surface area contributed by atoms with Gasteiger partial charge >= 0.3 is 0 Å². The molecule has 0 aromatic rings. The fraction of sp³-hybridized carbons (Fsp3) is 0.917. The van der Waals surface area contributed by atoms with Crippen LogP contribution in [0.1, 0.15) is 40.0 Å². The van der Waals surface area contributed by atoms with Crippen LogP contribution in [-0.4, -0.2) is 35.2 Å². The largest absolute Gasteiger partial charge is 0.394 e. The quantitative estimate of drug-likeness (QED) is 0.613. The molecule has 0 saturated carbocycles. The SMILES string of the molecule is CCCCSCC(=O)NC(CO)CC(C)C. The molecule has 3 nitrogen and oxygen atoms in total. The van der Waals surface area contributed by atoms with Crippen molar-refractivity contribution in [3.8, 4) is 0 Å². The Bertz CT molecular complexity index is 186. The minimum Gasteiger partial charge on any atom is -0.394 e. The minimum atomic E-state index is -0.0840. The highest BCUT2D eigenvalue weighted by atomic mass is 32.2. The highest BCUT2D eigenvalue weighted by Crippen LogP contribution is 2.06. The third-order valence-electron chi connectivity index (χ3n) is 2.22. The Morgan fingerprint density at radius 2 is 2.12 bits per heavy atom. The Morgan fingerprint density at radius 1 is 1.44 bits per heavy atom. The molecule has 0 spiro atoms. The average Bonchev–Trinajstić information content (AvgIpc) is 2.23. The number of carbonyl (C=O) groups excluding carboxylic acids is 1. The molecule has 0 aliphatic carbocycles. The summed E-state index contributed by atoms with van der Waals surface area (Å²) in [5, 5.41) is 12.0. The summed E-state index contributed by atoms with van der Waals surface area (Å²) in [7, 11) is 0. The maximum atomic E-state index is 11.5. The van der Waals surface area contributed by atoms with Crippen LogP contribution in [0.25, 0.3) is 0 Å². The van der Waals surface area contributed by atoms with Crippen LogP contribution in [0.5, 0.6) is 0 Å². The first-order chi connectivity index (χ1) is 7.60. The van der Waals surface area contributed by atoms with Crippen molar-refractivity contribution in [3.05, 3.63) is 0 Å². The van der Waals surface area contributed by atoms with E-state index >= 15 is 0 Å². The molecule has 0 aromatic heterocycles. The van der Waals surface area contributed by atoms with E-state index in [9.17, 15) is 4.79 Å². The lowest BCUT2D eigenvalue weighted by Crippen LogP contribution is -2.39. The molecule has 0 bridgehead atoms. The van der Waals surface area contributed by atoms with Crippen molar-refractivity contribution in [1.29, 1.82) is 0 Å². The zero-order valence-electron chi connectivity index (χ0n) is 10.7. The maximum absolute atomic E-state index is 11.5. The van der Waals surface area contributed by atoms with Crippen LogP contribution in [0.15, 0.2) is 0 Å². The molecule has 0 saturated heterocycles. The molecule has 2 N–H and O–H groups in total. The summed E-state index contributed by atoms with van der Waals surface area (Å²) in [6, 6.07) is -0.0840. The first kappa shape index (κ1) is 15.8. The molecule has 0 heterocycles. The fourth-order valence-corrected chi connectivity index (χ4v) is 2.33. The molecular formula is C12H25NO2S. The molecule has 4 heteroatoms. The van der Waals surface area contributed by atoms with Crippen LogP contribution in [0.3, 0.4) is 0 Å². The van der Waals surface area contributed by atoms with Crippen LogP contribution in [0.2, 0.25) is 0 Å². The number of thioether (sulfide) groups is 1. The van der Waals surface area contributed by atoms with Gasteiger partial charge in [0.1, 0.15) is 0 Å². The molecule has 1 amide bonds. The summed E-state index contributed by atoms with van der Waals surface area (Å²) in [6.07, 6.45) is 3.16. The van der Waals surface area contributed by atoms with Crippen molar-refractivity contribution in [2.45, 2.75) is 46.1 Å². The van der Waals surface area contributed by atoms with E-state index in [0.29, 0.717) is 11.7 Å². The Morgan fingerprint density at radius 3 is 2.62 bits per heavy atom. The maximum Gasteiger partial charge on any atom is 0.230 e. The predicted molar refractivity (Wildman–Crippen MR) is 70.7 cm³/mol. The van der Waals surface area contributed by atoms with Crippen molar-refractivity contribution in [2.24, 2.45) is 5.92 Å². The zero-order valence-corrected chi connectivity index (χ0v) is 11.5. The van der Waals surface area contributed by atoms with E-state index < -0.39 is 0 Å². The second-order valence-electron chi connectivity index (χ2n) is 4.48. The van der Waals surface area contributed by atoms with Gasteiger partial charge in [-0.2, -0.15) is 11.8 Å². The van der Waals surface area contributed by atoms with E-state index in [1.165, 1.54) is 6.42 Å². The van der Waals surface area contributed by atoms with Crippen molar-refractivity contribution in [2.75, 3.05) is 18.1 Å². The lowest BCUT2D eigenvalue weighted by Gasteiger charge is -2.18. The second kappa shape index (κ2) is 9.97. The summed E-state index contributed by atoms with van der Waals surface area (Å²) in [6.45, 7) is 6.35. The summed E-state index contributed by atoms with van der Waals surface area (Å²) >= 11 is 1.66. The number of rotatable bonds is 9. The standard InChI is InChI=1S/C12H25NO2S/c1-4-5-6-16-9-12(15)13-11(8-14)7-10(2)3/h10-11,14H,4-9H2,1-3H3,(H,13,15). The topological polar surface area (TPSA) is 49.3 Å². The number of hydrogen-bond donors (Lipinski definition) is 2. The van der Waals surface area contributed by atoms with E-state index in [2.05, 4.69) is 26.1 Å². The van der Waals surface area contributed by atoms with Gasteiger partial charge in [0.25, 0.3) is 0 Å². The Hall–Kier alpha value is -0.220. The highest BCUT2D eigenvalue weighted by molar-refractivity contribution is 7.99. The highest BCUT2D eigenvalue weighted by Gasteiger charge is 2.12. The van der Waals surface area contributed by atoms with Gasteiger partial charge in [0.05, 0.1) is 18.4 Å². The molecular weight excluding hydrogens is 222 g/mol. The van der Waals surface area contributed by atoms with Gasteiger partial charge < -0.3 is 10.4 Å². The molecule has 0 fully saturated rings. The van der Waals surface area contributed by atoms with Crippen LogP contribution < -0.4 is 5.32 Å². The summed E-state index contributed by atoms with van der Waals surface area (Å²) < 4.78 is 0. The van der Waals surface area contributed by atoms with E-state index in [4.69, 9.17) is 5.11 Å². The molecule has 1 unspecified atom stereocenters. The van der Waals surface area contributed by atoms with Gasteiger partial charge in [-0.1, -0.05) is 27.2 Å². The molecule has 0 rings (SSSR count). The number of unbranched alkanes of at least 4 members (excludes halogenated alkanes) is 1. The van der Waals surface area contributed by atoms with Gasteiger partial charge in [-0.3, -0.25) is 4.79 Å². The summed E-state index contributed by atoms with van der Waals surface area (Å²) in [5.74, 6) is 2.08. The number of nitrogens with one attached hydrogen (secondary N) is 1. The van der Waals surface area contributed by atoms with E-state index in [1.54, 1.807) is 11.8 Å². The van der Waals surface area contributed by atoms with E-state index in [0.717, 1.165) is 18.6 Å². The first-order valence-corrected chi connectivity index (χ1v) is 7.23. The van der Waals surface area contributed by atoms with Crippen molar-refractivity contribution in [3.63, 3.8) is 0 Å². The molecule has 0 aromatic carbocycles. The van der Waals surface area contributed by atoms with Gasteiger partial charge in [0, 0.05) is 0 Å². The van der Waals surface area contributed by atoms with Crippen LogP contribution >= 0.6 is 11.8 Å². The number of carbonyl (C=O) groups is 1. The van der Waals surface area contributed by atoms with Gasteiger partial charge in [0.15, 0.2) is 0 Å². The number of hydrogen-bond acceptors (Lipinski definition) is 3. The molecule has 0 aliphatic heterocycles. The fourth-order valence-electron chi connectivity index (χ4n) is 1.43. The van der Waals surface area contributed by atoms with E-state index in [-0.39, 0.29) is 18.6 Å². The summed E-state index contributed by atoms with van der Waals surface area (Å²) in [5.41, 5.74) is 0. The number of aliphatic hydroxyl groups excluding tert-OH is 1. The Balaban J connectivity index is 3.66. The lowest BCUT2D eigenvalue weighted by molar-refractivity contribution is -0.119. The zero-order chi connectivity index (χ0) is 12.4. The minimum absolute atomic E-state index is 0.0313. The molecule has 16 heavy (non-hydrogen) atoms. The number of aliphatic hydroxyl groups is 1. The monoisotopic (exact) mass is 247 g/mol. The third kappa shape index (κ3) is 9.04. The Labute approximate surface area is 103 Å². The lowest BCUT2D eigenvalue weighted by atomic mass is 10.0. The molecule has 0 aliphatic rings. The van der Waals surface area contributed by atoms with Gasteiger partial charge in [-0.05, 0) is 24.5 Å². The van der Waals surface area contributed by atoms with E-state index in [1.807, 2.05) is 0 Å². The number of amides is 1. The smallest absolute Gasteiger partial charge is 0.230 e. The first-order valence-electron chi connectivity index (χ1n) is 6.08. The van der Waals surface area contributed by atoms with Crippen molar-refractivity contribution >= 4 is 17.7 Å². The van der Waals surface area contributed by atoms with Crippen LogP contribution in [0, 0.1) is 5.92 Å². The summed E-state index contributed by atoms with van der Waals surface area (Å²) in [4.78, 5) is 11.5. The molecule has 1 atom stereocenters. The van der Waals surface area contributed by atoms with Gasteiger partial charge in [-0.15, -0.1) is 0 Å². The normalized spacial score (nSPS) is 12.8. The van der Waals surface area contributed by atoms with Gasteiger partial charge in [0.2, 0.25) is 5.91 Å². The van der Waals surface area contributed by atoms with Crippen molar-refractivity contribution < 1.29 is 9.90 Å². The Kier molecular flexibility index (Phi) is 9.83. The van der Waals surface area contributed by atoms with Crippen LogP contribution in [0.4, 0.5) is 0 Å². The molecule has 96 valence electrons. The predicted octanol–water partition coefficient (Wildman–Crippen LogP) is 2.04. The van der Waals surface area contributed by atoms with Gasteiger partial charge in [-0.25, -0.2) is 0 Å². The molecule has 0 radical (unpaired) electrons. The third-order valence-corrected chi connectivity index (χ3v) is 3.26.